The minimum Gasteiger partial charge on any atom is -0.364 e. The van der Waals surface area contributed by atoms with Crippen LogP contribution in [0.3, 0.4) is 0 Å². The number of rotatable bonds is 4. The summed E-state index contributed by atoms with van der Waals surface area (Å²) in [5.74, 6) is 0. The molecule has 0 unspecified atom stereocenters. The average molecular weight is 229 g/mol. The molecule has 82 valence electrons. The summed E-state index contributed by atoms with van der Waals surface area (Å²) in [6, 6.07) is 7.06. The molecule has 0 atom stereocenters. The number of hydrogen-bond acceptors (Lipinski definition) is 2. The summed E-state index contributed by atoms with van der Waals surface area (Å²) in [6.45, 7) is 0.636. The zero-order valence-electron chi connectivity index (χ0n) is 8.42. The molecule has 1 aromatic carbocycles. The summed E-state index contributed by atoms with van der Waals surface area (Å²) in [6.07, 6.45) is 0. The zero-order valence-corrected chi connectivity index (χ0v) is 9.17. The van der Waals surface area contributed by atoms with Crippen molar-refractivity contribution in [3.05, 3.63) is 34.9 Å². The summed E-state index contributed by atoms with van der Waals surface area (Å²) in [5, 5.41) is 5.84. The molecule has 1 rings (SSSR count). The molecule has 0 aliphatic heterocycles. The smallest absolute Gasteiger partial charge is 0.316 e. The van der Waals surface area contributed by atoms with E-state index in [1.165, 1.54) is 7.11 Å². The minimum absolute atomic E-state index is 0.196. The van der Waals surface area contributed by atoms with Crippen LogP contribution in [0.15, 0.2) is 24.3 Å². The quantitative estimate of drug-likeness (QED) is 0.772. The maximum atomic E-state index is 11.1. The molecule has 1 aromatic rings. The molecule has 2 amide bonds. The molecule has 0 aliphatic carbocycles. The van der Waals surface area contributed by atoms with Crippen LogP contribution in [0.1, 0.15) is 5.56 Å². The molecular formula is C10H13ClN2O2. The highest BCUT2D eigenvalue weighted by molar-refractivity contribution is 6.30. The van der Waals surface area contributed by atoms with E-state index in [9.17, 15) is 4.79 Å². The van der Waals surface area contributed by atoms with Crippen molar-refractivity contribution < 1.29 is 9.53 Å². The van der Waals surface area contributed by atoms with Crippen molar-refractivity contribution in [2.45, 2.75) is 6.54 Å². The number of nitrogens with one attached hydrogen (secondary N) is 2. The highest BCUT2D eigenvalue weighted by Crippen LogP contribution is 2.09. The fourth-order valence-corrected chi connectivity index (χ4v) is 1.24. The first-order chi connectivity index (χ1) is 7.22. The van der Waals surface area contributed by atoms with Gasteiger partial charge >= 0.3 is 6.03 Å². The number of benzene rings is 1. The van der Waals surface area contributed by atoms with E-state index < -0.39 is 0 Å². The lowest BCUT2D eigenvalue weighted by Crippen LogP contribution is -2.36. The van der Waals surface area contributed by atoms with Gasteiger partial charge in [0, 0.05) is 18.7 Å². The third kappa shape index (κ3) is 4.67. The van der Waals surface area contributed by atoms with Crippen LogP contribution < -0.4 is 10.6 Å². The second-order valence-electron chi connectivity index (χ2n) is 2.92. The van der Waals surface area contributed by atoms with Crippen LogP contribution in [0.2, 0.25) is 5.02 Å². The van der Waals surface area contributed by atoms with Crippen molar-refractivity contribution in [1.82, 2.24) is 10.6 Å². The summed E-state index contributed by atoms with van der Waals surface area (Å²) in [7, 11) is 1.51. The second kappa shape index (κ2) is 6.27. The number of methoxy groups -OCH3 is 1. The van der Waals surface area contributed by atoms with Gasteiger partial charge in [0.2, 0.25) is 0 Å². The lowest BCUT2D eigenvalue weighted by atomic mass is 10.2. The molecule has 2 N–H and O–H groups in total. The Kier molecular flexibility index (Phi) is 4.93. The Morgan fingerprint density at radius 3 is 2.93 bits per heavy atom. The Morgan fingerprint density at radius 2 is 2.27 bits per heavy atom. The van der Waals surface area contributed by atoms with E-state index in [4.69, 9.17) is 16.3 Å². The summed E-state index contributed by atoms with van der Waals surface area (Å²) in [5.41, 5.74) is 0.954. The summed E-state index contributed by atoms with van der Waals surface area (Å²) >= 11 is 5.80. The van der Waals surface area contributed by atoms with Crippen LogP contribution in [0.5, 0.6) is 0 Å². The van der Waals surface area contributed by atoms with Gasteiger partial charge < -0.3 is 15.4 Å². The molecule has 0 fully saturated rings. The fraction of sp³-hybridized carbons (Fsp3) is 0.300. The second-order valence-corrected chi connectivity index (χ2v) is 3.36. The van der Waals surface area contributed by atoms with Gasteiger partial charge in [-0.3, -0.25) is 0 Å². The normalized spacial score (nSPS) is 9.73. The number of hydrogen-bond donors (Lipinski definition) is 2. The maximum Gasteiger partial charge on any atom is 0.316 e. The van der Waals surface area contributed by atoms with E-state index >= 15 is 0 Å². The molecule has 0 heterocycles. The van der Waals surface area contributed by atoms with Crippen LogP contribution in [0.25, 0.3) is 0 Å². The lowest BCUT2D eigenvalue weighted by molar-refractivity contribution is 0.172. The van der Waals surface area contributed by atoms with Crippen LogP contribution in [-0.2, 0) is 11.3 Å². The average Bonchev–Trinajstić information content (AvgIpc) is 2.23. The van der Waals surface area contributed by atoms with Crippen LogP contribution in [0, 0.1) is 0 Å². The molecule has 0 aliphatic rings. The van der Waals surface area contributed by atoms with E-state index in [1.807, 2.05) is 12.1 Å². The Bertz CT molecular complexity index is 331. The van der Waals surface area contributed by atoms with Crippen LogP contribution in [0.4, 0.5) is 4.79 Å². The van der Waals surface area contributed by atoms with Gasteiger partial charge in [-0.15, -0.1) is 0 Å². The van der Waals surface area contributed by atoms with E-state index in [0.29, 0.717) is 11.6 Å². The van der Waals surface area contributed by atoms with Gasteiger partial charge in [0.15, 0.2) is 0 Å². The third-order valence-corrected chi connectivity index (χ3v) is 1.95. The molecule has 0 aromatic heterocycles. The summed E-state index contributed by atoms with van der Waals surface area (Å²) < 4.78 is 4.69. The predicted octanol–water partition coefficient (Wildman–Crippen LogP) is 1.74. The van der Waals surface area contributed by atoms with Crippen molar-refractivity contribution in [2.75, 3.05) is 13.8 Å². The largest absolute Gasteiger partial charge is 0.364 e. The number of amides is 2. The number of halogens is 1. The Morgan fingerprint density at radius 1 is 1.47 bits per heavy atom. The van der Waals surface area contributed by atoms with Crippen LogP contribution in [-0.4, -0.2) is 19.9 Å². The highest BCUT2D eigenvalue weighted by atomic mass is 35.5. The van der Waals surface area contributed by atoms with Gasteiger partial charge in [-0.25, -0.2) is 4.79 Å². The third-order valence-electron chi connectivity index (χ3n) is 1.72. The van der Waals surface area contributed by atoms with Gasteiger partial charge in [0.1, 0.15) is 6.73 Å². The van der Waals surface area contributed by atoms with Crippen molar-refractivity contribution in [3.63, 3.8) is 0 Å². The standard InChI is InChI=1S/C10H13ClN2O2/c1-15-7-13-10(14)12-6-8-3-2-4-9(11)5-8/h2-5H,6-7H2,1H3,(H2,12,13,14). The molecule has 0 spiro atoms. The highest BCUT2D eigenvalue weighted by Gasteiger charge is 1.99. The fourth-order valence-electron chi connectivity index (χ4n) is 1.03. The lowest BCUT2D eigenvalue weighted by Gasteiger charge is -2.06. The molecule has 5 heteroatoms. The predicted molar refractivity (Wildman–Crippen MR) is 58.7 cm³/mol. The first kappa shape index (κ1) is 11.8. The first-order valence-electron chi connectivity index (χ1n) is 4.47. The van der Waals surface area contributed by atoms with Crippen LogP contribution >= 0.6 is 11.6 Å². The maximum absolute atomic E-state index is 11.1. The van der Waals surface area contributed by atoms with Gasteiger partial charge in [0.05, 0.1) is 0 Å². The molecule has 0 saturated carbocycles. The van der Waals surface area contributed by atoms with Crippen molar-refractivity contribution in [2.24, 2.45) is 0 Å². The van der Waals surface area contributed by atoms with Crippen molar-refractivity contribution in [1.29, 1.82) is 0 Å². The van der Waals surface area contributed by atoms with Crippen molar-refractivity contribution >= 4 is 17.6 Å². The van der Waals surface area contributed by atoms with Crippen molar-refractivity contribution in [3.8, 4) is 0 Å². The molecule has 4 nitrogen and oxygen atoms in total. The monoisotopic (exact) mass is 228 g/mol. The Hall–Kier alpha value is -1.26. The minimum atomic E-state index is -0.267. The first-order valence-corrected chi connectivity index (χ1v) is 4.85. The summed E-state index contributed by atoms with van der Waals surface area (Å²) in [4.78, 5) is 11.1. The van der Waals surface area contributed by atoms with E-state index in [0.717, 1.165) is 5.56 Å². The van der Waals surface area contributed by atoms with Gasteiger partial charge in [-0.2, -0.15) is 0 Å². The topological polar surface area (TPSA) is 50.4 Å². The van der Waals surface area contributed by atoms with E-state index in [2.05, 4.69) is 10.6 Å². The molecule has 0 radical (unpaired) electrons. The molecule has 0 saturated heterocycles. The number of ether oxygens (including phenoxy) is 1. The SMILES string of the molecule is COCNC(=O)NCc1cccc(Cl)c1. The number of carbonyl (C=O) groups is 1. The Balaban J connectivity index is 2.33. The zero-order chi connectivity index (χ0) is 11.1. The van der Waals surface area contributed by atoms with E-state index in [1.54, 1.807) is 12.1 Å². The van der Waals surface area contributed by atoms with Gasteiger partial charge in [0.25, 0.3) is 0 Å². The van der Waals surface area contributed by atoms with Gasteiger partial charge in [-0.1, -0.05) is 23.7 Å². The number of urea groups is 1. The Labute approximate surface area is 93.6 Å². The molecular weight excluding hydrogens is 216 g/mol. The van der Waals surface area contributed by atoms with E-state index in [-0.39, 0.29) is 12.8 Å². The number of carbonyl (C=O) groups excluding carboxylic acids is 1. The molecule has 15 heavy (non-hydrogen) atoms. The molecule has 0 bridgehead atoms. The van der Waals surface area contributed by atoms with Gasteiger partial charge in [-0.05, 0) is 17.7 Å².